The van der Waals surface area contributed by atoms with Crippen LogP contribution in [0.25, 0.3) is 6.08 Å². The standard InChI is InChI=1S/C17H23NO3/c1-17(12-19)10-4-7-15(17)18-16(20)9-8-13-5-3-6-14(11-13)21-2/h3,5-6,8-9,11,15,19H,4,7,10,12H2,1-2H3,(H,18,20)/b9-8+. The molecule has 4 heteroatoms. The number of aliphatic hydroxyl groups excluding tert-OH is 1. The zero-order valence-corrected chi connectivity index (χ0v) is 12.6. The van der Waals surface area contributed by atoms with Gasteiger partial charge in [0.25, 0.3) is 0 Å². The first-order valence-electron chi connectivity index (χ1n) is 7.31. The number of carbonyl (C=O) groups is 1. The second kappa shape index (κ2) is 6.76. The number of benzene rings is 1. The first-order valence-corrected chi connectivity index (χ1v) is 7.31. The molecule has 1 aromatic carbocycles. The van der Waals surface area contributed by atoms with Gasteiger partial charge in [0.05, 0.1) is 13.7 Å². The molecule has 114 valence electrons. The Morgan fingerprint density at radius 1 is 1.57 bits per heavy atom. The highest BCUT2D eigenvalue weighted by molar-refractivity contribution is 5.92. The van der Waals surface area contributed by atoms with Crippen molar-refractivity contribution >= 4 is 12.0 Å². The average Bonchev–Trinajstić information content (AvgIpc) is 2.87. The Bertz CT molecular complexity index is 527. The number of hydrogen-bond acceptors (Lipinski definition) is 3. The zero-order valence-electron chi connectivity index (χ0n) is 12.6. The van der Waals surface area contributed by atoms with E-state index < -0.39 is 0 Å². The van der Waals surface area contributed by atoms with E-state index in [4.69, 9.17) is 4.74 Å². The highest BCUT2D eigenvalue weighted by Gasteiger charge is 2.38. The molecule has 0 bridgehead atoms. The number of aliphatic hydroxyl groups is 1. The molecular weight excluding hydrogens is 266 g/mol. The third kappa shape index (κ3) is 3.85. The lowest BCUT2D eigenvalue weighted by atomic mass is 9.86. The zero-order chi connectivity index (χ0) is 15.3. The molecule has 2 atom stereocenters. The van der Waals surface area contributed by atoms with E-state index in [1.165, 1.54) is 6.08 Å². The van der Waals surface area contributed by atoms with Gasteiger partial charge in [-0.1, -0.05) is 25.5 Å². The Balaban J connectivity index is 1.96. The van der Waals surface area contributed by atoms with Crippen molar-refractivity contribution in [2.45, 2.75) is 32.2 Å². The maximum atomic E-state index is 12.0. The predicted molar refractivity (Wildman–Crippen MR) is 83.0 cm³/mol. The molecule has 0 radical (unpaired) electrons. The van der Waals surface area contributed by atoms with Crippen LogP contribution in [0.5, 0.6) is 5.75 Å². The van der Waals surface area contributed by atoms with Crippen LogP contribution in [0.4, 0.5) is 0 Å². The van der Waals surface area contributed by atoms with Crippen molar-refractivity contribution in [2.75, 3.05) is 13.7 Å². The number of hydrogen-bond donors (Lipinski definition) is 2. The van der Waals surface area contributed by atoms with Gasteiger partial charge in [0.1, 0.15) is 5.75 Å². The number of amides is 1. The van der Waals surface area contributed by atoms with Crippen molar-refractivity contribution in [2.24, 2.45) is 5.41 Å². The number of carbonyl (C=O) groups excluding carboxylic acids is 1. The summed E-state index contributed by atoms with van der Waals surface area (Å²) in [6.07, 6.45) is 6.22. The lowest BCUT2D eigenvalue weighted by Crippen LogP contribution is -2.44. The van der Waals surface area contributed by atoms with E-state index in [9.17, 15) is 9.90 Å². The van der Waals surface area contributed by atoms with Gasteiger partial charge in [-0.15, -0.1) is 0 Å². The molecule has 2 rings (SSSR count). The monoisotopic (exact) mass is 289 g/mol. The highest BCUT2D eigenvalue weighted by atomic mass is 16.5. The summed E-state index contributed by atoms with van der Waals surface area (Å²) in [5.41, 5.74) is 0.722. The van der Waals surface area contributed by atoms with Crippen molar-refractivity contribution in [3.8, 4) is 5.75 Å². The number of rotatable bonds is 5. The van der Waals surface area contributed by atoms with Crippen LogP contribution < -0.4 is 10.1 Å². The number of ether oxygens (including phenoxy) is 1. The minimum Gasteiger partial charge on any atom is -0.497 e. The third-order valence-electron chi connectivity index (χ3n) is 4.28. The van der Waals surface area contributed by atoms with E-state index in [1.54, 1.807) is 13.2 Å². The van der Waals surface area contributed by atoms with E-state index in [0.717, 1.165) is 30.6 Å². The number of nitrogens with one attached hydrogen (secondary N) is 1. The van der Waals surface area contributed by atoms with Crippen LogP contribution in [0, 0.1) is 5.41 Å². The van der Waals surface area contributed by atoms with Crippen LogP contribution >= 0.6 is 0 Å². The van der Waals surface area contributed by atoms with Gasteiger partial charge in [-0.05, 0) is 36.6 Å². The molecule has 2 N–H and O–H groups in total. The maximum absolute atomic E-state index is 12.0. The van der Waals surface area contributed by atoms with Gasteiger partial charge < -0.3 is 15.2 Å². The van der Waals surface area contributed by atoms with Crippen molar-refractivity contribution in [3.63, 3.8) is 0 Å². The molecule has 2 unspecified atom stereocenters. The van der Waals surface area contributed by atoms with Crippen molar-refractivity contribution < 1.29 is 14.6 Å². The van der Waals surface area contributed by atoms with Gasteiger partial charge in [-0.3, -0.25) is 4.79 Å². The smallest absolute Gasteiger partial charge is 0.244 e. The average molecular weight is 289 g/mol. The van der Waals surface area contributed by atoms with Gasteiger partial charge in [0, 0.05) is 17.5 Å². The molecule has 0 heterocycles. The van der Waals surface area contributed by atoms with Gasteiger partial charge in [-0.2, -0.15) is 0 Å². The summed E-state index contributed by atoms with van der Waals surface area (Å²) in [5.74, 6) is 0.644. The Kier molecular flexibility index (Phi) is 5.02. The lowest BCUT2D eigenvalue weighted by molar-refractivity contribution is -0.117. The molecule has 1 amide bonds. The molecule has 0 aliphatic heterocycles. The van der Waals surface area contributed by atoms with Gasteiger partial charge >= 0.3 is 0 Å². The molecule has 0 aromatic heterocycles. The summed E-state index contributed by atoms with van der Waals surface area (Å²) in [5, 5.41) is 12.5. The lowest BCUT2D eigenvalue weighted by Gasteiger charge is -2.29. The van der Waals surface area contributed by atoms with Crippen molar-refractivity contribution in [1.82, 2.24) is 5.32 Å². The van der Waals surface area contributed by atoms with Crippen molar-refractivity contribution in [1.29, 1.82) is 0 Å². The largest absolute Gasteiger partial charge is 0.497 e. The third-order valence-corrected chi connectivity index (χ3v) is 4.28. The normalized spacial score (nSPS) is 25.2. The molecule has 0 spiro atoms. The molecule has 21 heavy (non-hydrogen) atoms. The molecule has 1 fully saturated rings. The van der Waals surface area contributed by atoms with E-state index >= 15 is 0 Å². The van der Waals surface area contributed by atoms with Gasteiger partial charge in [0.2, 0.25) is 5.91 Å². The fourth-order valence-corrected chi connectivity index (χ4v) is 2.81. The second-order valence-electron chi connectivity index (χ2n) is 5.88. The predicted octanol–water partition coefficient (Wildman–Crippen LogP) is 2.38. The van der Waals surface area contributed by atoms with E-state index in [1.807, 2.05) is 31.2 Å². The SMILES string of the molecule is COc1cccc(/C=C/C(=O)NC2CCCC2(C)CO)c1. The van der Waals surface area contributed by atoms with Crippen LogP contribution in [-0.4, -0.2) is 30.8 Å². The van der Waals surface area contributed by atoms with Gasteiger partial charge in [-0.25, -0.2) is 0 Å². The molecule has 1 aliphatic carbocycles. The van der Waals surface area contributed by atoms with Crippen LogP contribution in [0.3, 0.4) is 0 Å². The summed E-state index contributed by atoms with van der Waals surface area (Å²) in [7, 11) is 1.62. The molecule has 1 aliphatic rings. The summed E-state index contributed by atoms with van der Waals surface area (Å²) in [4.78, 5) is 12.0. The summed E-state index contributed by atoms with van der Waals surface area (Å²) >= 11 is 0. The maximum Gasteiger partial charge on any atom is 0.244 e. The molecular formula is C17H23NO3. The van der Waals surface area contributed by atoms with E-state index in [-0.39, 0.29) is 24.0 Å². The van der Waals surface area contributed by atoms with E-state index in [0.29, 0.717) is 0 Å². The minimum absolute atomic E-state index is 0.0463. The molecule has 0 saturated heterocycles. The molecule has 1 saturated carbocycles. The summed E-state index contributed by atoms with van der Waals surface area (Å²) in [6, 6.07) is 7.58. The highest BCUT2D eigenvalue weighted by Crippen LogP contribution is 2.37. The van der Waals surface area contributed by atoms with Crippen LogP contribution in [0.1, 0.15) is 31.7 Å². The van der Waals surface area contributed by atoms with Crippen LogP contribution in [0.15, 0.2) is 30.3 Å². The topological polar surface area (TPSA) is 58.6 Å². The summed E-state index contributed by atoms with van der Waals surface area (Å²) in [6.45, 7) is 2.13. The molecule has 4 nitrogen and oxygen atoms in total. The van der Waals surface area contributed by atoms with Crippen LogP contribution in [0.2, 0.25) is 0 Å². The first kappa shape index (κ1) is 15.6. The van der Waals surface area contributed by atoms with Gasteiger partial charge in [0.15, 0.2) is 0 Å². The van der Waals surface area contributed by atoms with Crippen molar-refractivity contribution in [3.05, 3.63) is 35.9 Å². The molecule has 1 aromatic rings. The fraction of sp³-hybridized carbons (Fsp3) is 0.471. The number of methoxy groups -OCH3 is 1. The fourth-order valence-electron chi connectivity index (χ4n) is 2.81. The Morgan fingerprint density at radius 3 is 3.10 bits per heavy atom. The first-order chi connectivity index (χ1) is 10.1. The van der Waals surface area contributed by atoms with E-state index in [2.05, 4.69) is 5.32 Å². The Morgan fingerprint density at radius 2 is 2.38 bits per heavy atom. The second-order valence-corrected chi connectivity index (χ2v) is 5.88. The van der Waals surface area contributed by atoms with Crippen LogP contribution in [-0.2, 0) is 4.79 Å². The Labute approximate surface area is 125 Å². The Hall–Kier alpha value is -1.81. The quantitative estimate of drug-likeness (QED) is 0.818. The summed E-state index contributed by atoms with van der Waals surface area (Å²) < 4.78 is 5.15. The minimum atomic E-state index is -0.195.